The normalized spacial score (nSPS) is 10.3. The van der Waals surface area contributed by atoms with Crippen LogP contribution >= 0.6 is 0 Å². The second-order valence-electron chi connectivity index (χ2n) is 5.82. The highest BCUT2D eigenvalue weighted by molar-refractivity contribution is 5.92. The van der Waals surface area contributed by atoms with Gasteiger partial charge in [0.05, 0.1) is 12.2 Å². The summed E-state index contributed by atoms with van der Waals surface area (Å²) in [6, 6.07) is 19.4. The summed E-state index contributed by atoms with van der Waals surface area (Å²) in [5.74, 6) is 0.401. The number of rotatable bonds is 8. The zero-order chi connectivity index (χ0) is 18.0. The van der Waals surface area contributed by atoms with Crippen molar-refractivity contribution in [2.75, 3.05) is 11.9 Å². The molecular formula is C20H21N5O. The van der Waals surface area contributed by atoms with Crippen LogP contribution in [0, 0.1) is 0 Å². The summed E-state index contributed by atoms with van der Waals surface area (Å²) in [5.41, 5.74) is 2.49. The van der Waals surface area contributed by atoms with E-state index in [0.29, 0.717) is 24.6 Å². The zero-order valence-corrected chi connectivity index (χ0v) is 14.4. The molecule has 0 aliphatic heterocycles. The molecule has 2 N–H and O–H groups in total. The van der Waals surface area contributed by atoms with Gasteiger partial charge in [0.25, 0.3) is 5.91 Å². The van der Waals surface area contributed by atoms with Crippen LogP contribution in [0.3, 0.4) is 0 Å². The Morgan fingerprint density at radius 2 is 1.77 bits per heavy atom. The number of hydrogen-bond acceptors (Lipinski definition) is 5. The molecule has 6 nitrogen and oxygen atoms in total. The van der Waals surface area contributed by atoms with E-state index in [4.69, 9.17) is 0 Å². The second kappa shape index (κ2) is 9.27. The number of pyridine rings is 1. The Kier molecular flexibility index (Phi) is 6.25. The first-order chi connectivity index (χ1) is 12.8. The number of carbonyl (C=O) groups excluding carboxylic acids is 1. The van der Waals surface area contributed by atoms with Gasteiger partial charge in [-0.2, -0.15) is 0 Å². The molecule has 0 bridgehead atoms. The molecule has 0 radical (unpaired) electrons. The third kappa shape index (κ3) is 5.37. The van der Waals surface area contributed by atoms with Crippen molar-refractivity contribution in [3.63, 3.8) is 0 Å². The fraction of sp³-hybridized carbons (Fsp3) is 0.200. The third-order valence-electron chi connectivity index (χ3n) is 3.84. The minimum absolute atomic E-state index is 0.207. The molecule has 26 heavy (non-hydrogen) atoms. The SMILES string of the molecule is O=C(NCCCc1ccccc1)c1ccc(NCc2ccccn2)nn1. The Balaban J connectivity index is 1.41. The highest BCUT2D eigenvalue weighted by Gasteiger charge is 2.07. The molecule has 0 fully saturated rings. The molecule has 2 aromatic heterocycles. The van der Waals surface area contributed by atoms with Crippen molar-refractivity contribution < 1.29 is 4.79 Å². The van der Waals surface area contributed by atoms with Crippen molar-refractivity contribution in [2.24, 2.45) is 0 Å². The molecule has 0 saturated heterocycles. The fourth-order valence-corrected chi connectivity index (χ4v) is 2.46. The topological polar surface area (TPSA) is 79.8 Å². The predicted molar refractivity (Wildman–Crippen MR) is 101 cm³/mol. The van der Waals surface area contributed by atoms with Gasteiger partial charge in [0.2, 0.25) is 0 Å². The van der Waals surface area contributed by atoms with Gasteiger partial charge in [-0.3, -0.25) is 9.78 Å². The number of hydrogen-bond donors (Lipinski definition) is 2. The van der Waals surface area contributed by atoms with Crippen LogP contribution in [0.5, 0.6) is 0 Å². The highest BCUT2D eigenvalue weighted by Crippen LogP contribution is 2.05. The number of anilines is 1. The average Bonchev–Trinajstić information content (AvgIpc) is 2.71. The van der Waals surface area contributed by atoms with Crippen molar-refractivity contribution in [1.29, 1.82) is 0 Å². The molecule has 0 saturated carbocycles. The van der Waals surface area contributed by atoms with Crippen LogP contribution in [-0.2, 0) is 13.0 Å². The Morgan fingerprint density at radius 1 is 0.923 bits per heavy atom. The van der Waals surface area contributed by atoms with Crippen molar-refractivity contribution in [3.05, 3.63) is 83.8 Å². The molecule has 3 aromatic rings. The molecule has 2 heterocycles. The number of carbonyl (C=O) groups is 1. The third-order valence-corrected chi connectivity index (χ3v) is 3.84. The summed E-state index contributed by atoms with van der Waals surface area (Å²) in [5, 5.41) is 14.0. The maximum Gasteiger partial charge on any atom is 0.271 e. The van der Waals surface area contributed by atoms with Crippen molar-refractivity contribution in [3.8, 4) is 0 Å². The number of aryl methyl sites for hydroxylation is 1. The van der Waals surface area contributed by atoms with Gasteiger partial charge >= 0.3 is 0 Å². The standard InChI is InChI=1S/C20H21N5O/c26-20(22-14-6-9-16-7-2-1-3-8-16)18-11-12-19(25-24-18)23-15-17-10-4-5-13-21-17/h1-5,7-8,10-13H,6,9,14-15H2,(H,22,26)(H,23,25). The highest BCUT2D eigenvalue weighted by atomic mass is 16.1. The quantitative estimate of drug-likeness (QED) is 0.613. The van der Waals surface area contributed by atoms with Gasteiger partial charge in [-0.05, 0) is 42.7 Å². The van der Waals surface area contributed by atoms with Crippen LogP contribution in [0.1, 0.15) is 28.2 Å². The van der Waals surface area contributed by atoms with Crippen LogP contribution in [0.4, 0.5) is 5.82 Å². The summed E-state index contributed by atoms with van der Waals surface area (Å²) in [7, 11) is 0. The van der Waals surface area contributed by atoms with E-state index in [1.54, 1.807) is 18.3 Å². The molecule has 0 aliphatic rings. The molecule has 1 aromatic carbocycles. The molecule has 0 atom stereocenters. The lowest BCUT2D eigenvalue weighted by atomic mass is 10.1. The lowest BCUT2D eigenvalue weighted by molar-refractivity contribution is 0.0947. The van der Waals surface area contributed by atoms with Gasteiger partial charge in [-0.1, -0.05) is 36.4 Å². The number of nitrogens with one attached hydrogen (secondary N) is 2. The van der Waals surface area contributed by atoms with E-state index >= 15 is 0 Å². The van der Waals surface area contributed by atoms with E-state index in [1.165, 1.54) is 5.56 Å². The van der Waals surface area contributed by atoms with Gasteiger partial charge < -0.3 is 10.6 Å². The predicted octanol–water partition coefficient (Wildman–Crippen LogP) is 2.85. The minimum atomic E-state index is -0.207. The summed E-state index contributed by atoms with van der Waals surface area (Å²) < 4.78 is 0. The Labute approximate surface area is 152 Å². The fourth-order valence-electron chi connectivity index (χ4n) is 2.46. The minimum Gasteiger partial charge on any atom is -0.363 e. The van der Waals surface area contributed by atoms with E-state index in [1.807, 2.05) is 36.4 Å². The van der Waals surface area contributed by atoms with Crippen LogP contribution in [0.15, 0.2) is 66.9 Å². The molecule has 132 valence electrons. The lowest BCUT2D eigenvalue weighted by Crippen LogP contribution is -2.26. The van der Waals surface area contributed by atoms with Crippen molar-refractivity contribution in [1.82, 2.24) is 20.5 Å². The molecule has 1 amide bonds. The largest absolute Gasteiger partial charge is 0.363 e. The molecule has 0 aliphatic carbocycles. The first-order valence-electron chi connectivity index (χ1n) is 8.61. The summed E-state index contributed by atoms with van der Waals surface area (Å²) in [4.78, 5) is 16.3. The molecule has 3 rings (SSSR count). The van der Waals surface area contributed by atoms with Gasteiger partial charge in [0.1, 0.15) is 5.82 Å². The maximum atomic E-state index is 12.1. The van der Waals surface area contributed by atoms with Crippen LogP contribution in [0.2, 0.25) is 0 Å². The van der Waals surface area contributed by atoms with Crippen LogP contribution in [0.25, 0.3) is 0 Å². The summed E-state index contributed by atoms with van der Waals surface area (Å²) in [6.07, 6.45) is 3.56. The Hall–Kier alpha value is -3.28. The average molecular weight is 347 g/mol. The van der Waals surface area contributed by atoms with Crippen LogP contribution < -0.4 is 10.6 Å². The second-order valence-corrected chi connectivity index (χ2v) is 5.82. The number of aromatic nitrogens is 3. The summed E-state index contributed by atoms with van der Waals surface area (Å²) >= 11 is 0. The first kappa shape index (κ1) is 17.5. The monoisotopic (exact) mass is 347 g/mol. The maximum absolute atomic E-state index is 12.1. The molecule has 0 unspecified atom stereocenters. The zero-order valence-electron chi connectivity index (χ0n) is 14.4. The van der Waals surface area contributed by atoms with E-state index in [9.17, 15) is 4.79 Å². The lowest BCUT2D eigenvalue weighted by Gasteiger charge is -2.06. The van der Waals surface area contributed by atoms with Crippen LogP contribution in [-0.4, -0.2) is 27.6 Å². The molecule has 6 heteroatoms. The smallest absolute Gasteiger partial charge is 0.271 e. The summed E-state index contributed by atoms with van der Waals surface area (Å²) in [6.45, 7) is 1.16. The van der Waals surface area contributed by atoms with Gasteiger partial charge in [-0.15, -0.1) is 10.2 Å². The molecular weight excluding hydrogens is 326 g/mol. The molecule has 0 spiro atoms. The number of benzene rings is 1. The van der Waals surface area contributed by atoms with E-state index in [-0.39, 0.29) is 5.91 Å². The van der Waals surface area contributed by atoms with Gasteiger partial charge in [0, 0.05) is 12.7 Å². The van der Waals surface area contributed by atoms with E-state index in [2.05, 4.69) is 37.9 Å². The Morgan fingerprint density at radius 3 is 2.50 bits per heavy atom. The van der Waals surface area contributed by atoms with E-state index in [0.717, 1.165) is 18.5 Å². The van der Waals surface area contributed by atoms with Crippen molar-refractivity contribution in [2.45, 2.75) is 19.4 Å². The van der Waals surface area contributed by atoms with Gasteiger partial charge in [-0.25, -0.2) is 0 Å². The number of amides is 1. The van der Waals surface area contributed by atoms with Crippen molar-refractivity contribution >= 4 is 11.7 Å². The number of nitrogens with zero attached hydrogens (tertiary/aromatic N) is 3. The van der Waals surface area contributed by atoms with E-state index < -0.39 is 0 Å². The Bertz CT molecular complexity index is 807. The first-order valence-corrected chi connectivity index (χ1v) is 8.61. The van der Waals surface area contributed by atoms with Gasteiger partial charge in [0.15, 0.2) is 5.69 Å².